The van der Waals surface area contributed by atoms with Gasteiger partial charge in [0.1, 0.15) is 5.94 Å². The summed E-state index contributed by atoms with van der Waals surface area (Å²) >= 11 is 0. The van der Waals surface area contributed by atoms with Gasteiger partial charge >= 0.3 is 0 Å². The summed E-state index contributed by atoms with van der Waals surface area (Å²) in [6.07, 6.45) is 0.783. The van der Waals surface area contributed by atoms with Gasteiger partial charge in [-0.2, -0.15) is 0 Å². The molecule has 1 atom stereocenters. The molecule has 0 amide bonds. The van der Waals surface area contributed by atoms with Crippen molar-refractivity contribution in [2.45, 2.75) is 32.8 Å². The molecule has 0 saturated carbocycles. The highest BCUT2D eigenvalue weighted by molar-refractivity contribution is 5.51. The molecule has 9 heavy (non-hydrogen) atoms. The van der Waals surface area contributed by atoms with Crippen LogP contribution in [0.3, 0.4) is 0 Å². The lowest BCUT2D eigenvalue weighted by molar-refractivity contribution is 0.171. The fraction of sp³-hybridized carbons (Fsp3) is 0.714. The predicted octanol–water partition coefficient (Wildman–Crippen LogP) is 0.925. The van der Waals surface area contributed by atoms with Gasteiger partial charge < -0.3 is 5.11 Å². The molecule has 0 saturated heterocycles. The van der Waals surface area contributed by atoms with Gasteiger partial charge in [0.25, 0.3) is 0 Å². The summed E-state index contributed by atoms with van der Waals surface area (Å²) in [6.45, 7) is 3.55. The van der Waals surface area contributed by atoms with Crippen LogP contribution in [-0.4, -0.2) is 17.2 Å². The second kappa shape index (κ2) is 4.30. The van der Waals surface area contributed by atoms with Gasteiger partial charge in [0.2, 0.25) is 0 Å². The summed E-state index contributed by atoms with van der Waals surface area (Å²) in [5, 5.41) is 8.96. The Morgan fingerprint density at radius 1 is 1.78 bits per heavy atom. The lowest BCUT2D eigenvalue weighted by Crippen LogP contribution is -2.04. The zero-order valence-corrected chi connectivity index (χ0v) is 5.85. The fourth-order valence-electron chi connectivity index (χ4n) is 0.539. The van der Waals surface area contributed by atoms with Crippen LogP contribution in [0.4, 0.5) is 0 Å². The molecule has 0 aliphatic carbocycles. The first-order valence-electron chi connectivity index (χ1n) is 3.09. The van der Waals surface area contributed by atoms with Crippen LogP contribution in [0.2, 0.25) is 0 Å². The van der Waals surface area contributed by atoms with E-state index >= 15 is 0 Å². The minimum atomic E-state index is -0.369. The van der Waals surface area contributed by atoms with Gasteiger partial charge in [0, 0.05) is 12.0 Å². The fourth-order valence-corrected chi connectivity index (χ4v) is 0.539. The SMILES string of the molecule is CCC(O)CC(C)=C=O. The maximum absolute atomic E-state index is 9.88. The zero-order chi connectivity index (χ0) is 7.28. The maximum atomic E-state index is 9.88. The van der Waals surface area contributed by atoms with Crippen molar-refractivity contribution in [1.82, 2.24) is 0 Å². The van der Waals surface area contributed by atoms with Crippen molar-refractivity contribution >= 4 is 5.94 Å². The second-order valence-electron chi connectivity index (χ2n) is 2.15. The van der Waals surface area contributed by atoms with Gasteiger partial charge in [-0.15, -0.1) is 0 Å². The Morgan fingerprint density at radius 2 is 2.33 bits per heavy atom. The quantitative estimate of drug-likeness (QED) is 0.574. The molecule has 0 spiro atoms. The molecule has 2 heteroatoms. The number of carbonyl (C=O) groups excluding carboxylic acids is 1. The molecule has 0 aromatic carbocycles. The van der Waals surface area contributed by atoms with Crippen LogP contribution in [0.25, 0.3) is 0 Å². The molecule has 0 aliphatic rings. The average Bonchev–Trinajstić information content (AvgIpc) is 1.87. The summed E-state index contributed by atoms with van der Waals surface area (Å²) in [4.78, 5) is 9.88. The predicted molar refractivity (Wildman–Crippen MR) is 35.8 cm³/mol. The van der Waals surface area contributed by atoms with Crippen LogP contribution in [0.5, 0.6) is 0 Å². The van der Waals surface area contributed by atoms with Crippen LogP contribution in [0.1, 0.15) is 26.7 Å². The van der Waals surface area contributed by atoms with Gasteiger partial charge in [-0.3, -0.25) is 0 Å². The molecule has 0 radical (unpaired) electrons. The van der Waals surface area contributed by atoms with E-state index in [2.05, 4.69) is 0 Å². The van der Waals surface area contributed by atoms with E-state index in [4.69, 9.17) is 5.11 Å². The standard InChI is InChI=1S/C7H12O2/c1-3-7(9)4-6(2)5-8/h7,9H,3-4H2,1-2H3. The first kappa shape index (κ1) is 8.41. The molecular formula is C7H12O2. The van der Waals surface area contributed by atoms with Crippen LogP contribution < -0.4 is 0 Å². The number of rotatable bonds is 3. The third-order valence-corrected chi connectivity index (χ3v) is 1.19. The van der Waals surface area contributed by atoms with Gasteiger partial charge in [-0.25, -0.2) is 4.79 Å². The number of aliphatic hydroxyl groups excluding tert-OH is 1. The summed E-state index contributed by atoms with van der Waals surface area (Å²) in [7, 11) is 0. The molecule has 1 unspecified atom stereocenters. The first-order chi connectivity index (χ1) is 4.20. The van der Waals surface area contributed by atoms with E-state index in [-0.39, 0.29) is 6.10 Å². The second-order valence-corrected chi connectivity index (χ2v) is 2.15. The zero-order valence-electron chi connectivity index (χ0n) is 5.85. The molecule has 0 aromatic heterocycles. The van der Waals surface area contributed by atoms with Crippen LogP contribution in [0, 0.1) is 0 Å². The minimum Gasteiger partial charge on any atom is -0.393 e. The van der Waals surface area contributed by atoms with Crippen molar-refractivity contribution in [3.63, 3.8) is 0 Å². The van der Waals surface area contributed by atoms with E-state index in [9.17, 15) is 4.79 Å². The number of aliphatic hydroxyl groups is 1. The summed E-state index contributed by atoms with van der Waals surface area (Å²) in [5.41, 5.74) is 0.587. The third kappa shape index (κ3) is 3.95. The Morgan fingerprint density at radius 3 is 2.67 bits per heavy atom. The van der Waals surface area contributed by atoms with E-state index < -0.39 is 0 Å². The van der Waals surface area contributed by atoms with Gasteiger partial charge in [0.15, 0.2) is 0 Å². The molecule has 52 valence electrons. The van der Waals surface area contributed by atoms with Crippen molar-refractivity contribution in [2.24, 2.45) is 0 Å². The number of hydrogen-bond acceptors (Lipinski definition) is 2. The van der Waals surface area contributed by atoms with Crippen molar-refractivity contribution in [3.05, 3.63) is 5.57 Å². The summed E-state index contributed by atoms with van der Waals surface area (Å²) in [5.74, 6) is 1.74. The van der Waals surface area contributed by atoms with Gasteiger partial charge in [0.05, 0.1) is 6.10 Å². The Kier molecular flexibility index (Phi) is 4.02. The summed E-state index contributed by atoms with van der Waals surface area (Å²) in [6, 6.07) is 0. The van der Waals surface area contributed by atoms with E-state index in [1.54, 1.807) is 12.9 Å². The number of hydrogen-bond donors (Lipinski definition) is 1. The highest BCUT2D eigenvalue weighted by atomic mass is 16.3. The largest absolute Gasteiger partial charge is 0.393 e. The normalized spacial score (nSPS) is 12.3. The van der Waals surface area contributed by atoms with Crippen LogP contribution >= 0.6 is 0 Å². The van der Waals surface area contributed by atoms with E-state index in [0.29, 0.717) is 18.4 Å². The molecular weight excluding hydrogens is 116 g/mol. The monoisotopic (exact) mass is 128 g/mol. The molecule has 0 rings (SSSR count). The highest BCUT2D eigenvalue weighted by Crippen LogP contribution is 2.02. The van der Waals surface area contributed by atoms with E-state index in [1.807, 2.05) is 6.92 Å². The first-order valence-corrected chi connectivity index (χ1v) is 3.09. The van der Waals surface area contributed by atoms with Crippen molar-refractivity contribution < 1.29 is 9.90 Å². The smallest absolute Gasteiger partial charge is 0.123 e. The highest BCUT2D eigenvalue weighted by Gasteiger charge is 2.00. The third-order valence-electron chi connectivity index (χ3n) is 1.19. The Bertz CT molecular complexity index is 123. The Labute approximate surface area is 55.2 Å². The van der Waals surface area contributed by atoms with Gasteiger partial charge in [-0.05, 0) is 13.3 Å². The summed E-state index contributed by atoms with van der Waals surface area (Å²) < 4.78 is 0. The lowest BCUT2D eigenvalue weighted by atomic mass is 10.1. The lowest BCUT2D eigenvalue weighted by Gasteiger charge is -2.03. The molecule has 0 aliphatic heterocycles. The van der Waals surface area contributed by atoms with Crippen LogP contribution in [-0.2, 0) is 4.79 Å². The maximum Gasteiger partial charge on any atom is 0.123 e. The molecule has 0 aromatic rings. The minimum absolute atomic E-state index is 0.369. The average molecular weight is 128 g/mol. The van der Waals surface area contributed by atoms with Crippen molar-refractivity contribution in [1.29, 1.82) is 0 Å². The van der Waals surface area contributed by atoms with E-state index in [1.165, 1.54) is 0 Å². The van der Waals surface area contributed by atoms with E-state index in [0.717, 1.165) is 0 Å². The van der Waals surface area contributed by atoms with Crippen LogP contribution in [0.15, 0.2) is 5.57 Å². The van der Waals surface area contributed by atoms with Crippen molar-refractivity contribution in [2.75, 3.05) is 0 Å². The molecule has 1 N–H and O–H groups in total. The molecule has 0 fully saturated rings. The van der Waals surface area contributed by atoms with Crippen molar-refractivity contribution in [3.8, 4) is 0 Å². The molecule has 0 heterocycles. The molecule has 0 bridgehead atoms. The Balaban J connectivity index is 3.60. The Hall–Kier alpha value is -0.590. The van der Waals surface area contributed by atoms with Gasteiger partial charge in [-0.1, -0.05) is 6.92 Å². The topological polar surface area (TPSA) is 37.3 Å². The molecule has 2 nitrogen and oxygen atoms in total.